The summed E-state index contributed by atoms with van der Waals surface area (Å²) in [5.74, 6) is 0.598. The summed E-state index contributed by atoms with van der Waals surface area (Å²) in [4.78, 5) is 12.7. The molecule has 2 unspecified atom stereocenters. The quantitative estimate of drug-likeness (QED) is 0.402. The second kappa shape index (κ2) is 9.59. The van der Waals surface area contributed by atoms with Crippen LogP contribution in [0.1, 0.15) is 77.4 Å². The Bertz CT molecular complexity index is 1260. The summed E-state index contributed by atoms with van der Waals surface area (Å²) in [6.45, 7) is 7.86. The molecule has 1 amide bonds. The van der Waals surface area contributed by atoms with Crippen LogP contribution in [0.5, 0.6) is 0 Å². The number of carbonyl (C=O) groups excluding carboxylic acids is 1. The number of benzene rings is 2. The van der Waals surface area contributed by atoms with Crippen molar-refractivity contribution in [3.63, 3.8) is 0 Å². The molecule has 1 heterocycles. The van der Waals surface area contributed by atoms with Gasteiger partial charge in [-0.1, -0.05) is 62.3 Å². The lowest BCUT2D eigenvalue weighted by molar-refractivity contribution is -0.0317. The molecule has 0 spiro atoms. The molecule has 0 aliphatic heterocycles. The Kier molecular flexibility index (Phi) is 6.88. The van der Waals surface area contributed by atoms with E-state index in [-0.39, 0.29) is 11.8 Å². The summed E-state index contributed by atoms with van der Waals surface area (Å²) >= 11 is 0. The normalized spacial score (nSPS) is 16.6. The standard InChI is InChI=1S/C27H32N2O5S/c1-17-15-23(29-34-17)27(31,26(2,3)4)22-13-11-21(12-14-22)25(30)28-16-18-5-7-19(8-6-18)24(35(32)33)20-9-10-20/h5-8,11-15,20,24,31,35H,9-10,16H2,1-4H3,(H,28,30). The van der Waals surface area contributed by atoms with E-state index in [2.05, 4.69) is 10.5 Å². The van der Waals surface area contributed by atoms with Crippen LogP contribution in [0.4, 0.5) is 0 Å². The summed E-state index contributed by atoms with van der Waals surface area (Å²) in [6, 6.07) is 16.0. The third-order valence-electron chi connectivity index (χ3n) is 6.72. The third-order valence-corrected chi connectivity index (χ3v) is 7.89. The van der Waals surface area contributed by atoms with Crippen molar-refractivity contribution >= 4 is 16.6 Å². The number of carbonyl (C=O) groups is 1. The highest BCUT2D eigenvalue weighted by Crippen LogP contribution is 2.44. The minimum Gasteiger partial charge on any atom is -0.378 e. The number of aryl methyl sites for hydroxylation is 1. The zero-order valence-electron chi connectivity index (χ0n) is 20.4. The van der Waals surface area contributed by atoms with Crippen molar-refractivity contribution in [2.45, 2.75) is 57.9 Å². The van der Waals surface area contributed by atoms with Gasteiger partial charge in [0.2, 0.25) is 0 Å². The number of hydrogen-bond acceptors (Lipinski definition) is 6. The first kappa shape index (κ1) is 25.1. The van der Waals surface area contributed by atoms with E-state index in [0.29, 0.717) is 29.1 Å². The molecular formula is C27H32N2O5S. The number of nitrogens with one attached hydrogen (secondary N) is 1. The molecule has 0 saturated heterocycles. The Hall–Kier alpha value is -2.97. The molecule has 4 rings (SSSR count). The van der Waals surface area contributed by atoms with Crippen LogP contribution in [0.3, 0.4) is 0 Å². The van der Waals surface area contributed by atoms with Gasteiger partial charge < -0.3 is 14.9 Å². The molecule has 2 atom stereocenters. The zero-order valence-corrected chi connectivity index (χ0v) is 21.3. The van der Waals surface area contributed by atoms with Crippen LogP contribution in [-0.4, -0.2) is 24.6 Å². The van der Waals surface area contributed by atoms with Crippen molar-refractivity contribution in [1.82, 2.24) is 10.5 Å². The Labute approximate surface area is 207 Å². The number of aliphatic hydroxyl groups is 1. The maximum atomic E-state index is 12.7. The number of nitrogens with zero attached hydrogens (tertiary/aromatic N) is 1. The molecule has 1 aliphatic carbocycles. The van der Waals surface area contributed by atoms with Gasteiger partial charge in [0.25, 0.3) is 5.91 Å². The second-order valence-corrected chi connectivity index (χ2v) is 11.5. The molecule has 8 heteroatoms. The highest BCUT2D eigenvalue weighted by atomic mass is 32.2. The van der Waals surface area contributed by atoms with Crippen LogP contribution in [0.2, 0.25) is 0 Å². The molecule has 0 radical (unpaired) electrons. The van der Waals surface area contributed by atoms with Gasteiger partial charge in [-0.3, -0.25) is 4.79 Å². The number of rotatable bonds is 8. The van der Waals surface area contributed by atoms with Crippen LogP contribution < -0.4 is 5.32 Å². The van der Waals surface area contributed by atoms with E-state index >= 15 is 0 Å². The summed E-state index contributed by atoms with van der Waals surface area (Å²) in [5, 5.41) is 18.2. The molecule has 1 aromatic heterocycles. The van der Waals surface area contributed by atoms with Gasteiger partial charge in [-0.05, 0) is 54.5 Å². The van der Waals surface area contributed by atoms with Gasteiger partial charge in [0.1, 0.15) is 27.8 Å². The lowest BCUT2D eigenvalue weighted by Crippen LogP contribution is -2.41. The molecule has 1 aliphatic rings. The number of hydrogen-bond donors (Lipinski definition) is 3. The van der Waals surface area contributed by atoms with Crippen molar-refractivity contribution in [3.05, 3.63) is 88.3 Å². The molecule has 7 nitrogen and oxygen atoms in total. The Morgan fingerprint density at radius 2 is 1.74 bits per heavy atom. The molecule has 3 aromatic rings. The van der Waals surface area contributed by atoms with Gasteiger partial charge in [0.05, 0.1) is 5.25 Å². The molecule has 186 valence electrons. The largest absolute Gasteiger partial charge is 0.378 e. The van der Waals surface area contributed by atoms with Crippen LogP contribution >= 0.6 is 0 Å². The highest BCUT2D eigenvalue weighted by Gasteiger charge is 2.45. The number of amides is 1. The Morgan fingerprint density at radius 3 is 2.23 bits per heavy atom. The molecule has 2 N–H and O–H groups in total. The average Bonchev–Trinajstić information content (AvgIpc) is 3.55. The predicted octanol–water partition coefficient (Wildman–Crippen LogP) is 4.26. The fourth-order valence-corrected chi connectivity index (χ4v) is 5.52. The van der Waals surface area contributed by atoms with Crippen molar-refractivity contribution in [1.29, 1.82) is 0 Å². The minimum atomic E-state index is -2.50. The summed E-state index contributed by atoms with van der Waals surface area (Å²) in [7, 11) is -2.50. The SMILES string of the molecule is Cc1cc(C(O)(c2ccc(C(=O)NCc3ccc(C(C4CC4)[SH](=O)=O)cc3)cc2)C(C)(C)C)no1. The second-order valence-electron chi connectivity index (χ2n) is 10.4. The minimum absolute atomic E-state index is 0.230. The predicted molar refractivity (Wildman–Crippen MR) is 134 cm³/mol. The fraction of sp³-hybridized carbons (Fsp3) is 0.407. The van der Waals surface area contributed by atoms with E-state index in [4.69, 9.17) is 4.52 Å². The highest BCUT2D eigenvalue weighted by molar-refractivity contribution is 7.72. The van der Waals surface area contributed by atoms with Gasteiger partial charge in [-0.25, -0.2) is 8.42 Å². The van der Waals surface area contributed by atoms with Gasteiger partial charge in [0.15, 0.2) is 0 Å². The molecule has 1 saturated carbocycles. The smallest absolute Gasteiger partial charge is 0.251 e. The topological polar surface area (TPSA) is 110 Å². The van der Waals surface area contributed by atoms with Crippen LogP contribution in [0, 0.1) is 18.3 Å². The Balaban J connectivity index is 1.44. The van der Waals surface area contributed by atoms with Gasteiger partial charge in [0, 0.05) is 23.6 Å². The van der Waals surface area contributed by atoms with E-state index in [1.165, 1.54) is 0 Å². The van der Waals surface area contributed by atoms with Crippen molar-refractivity contribution in [2.24, 2.45) is 11.3 Å². The Morgan fingerprint density at radius 1 is 1.11 bits per heavy atom. The molecule has 0 bridgehead atoms. The number of aromatic nitrogens is 1. The maximum Gasteiger partial charge on any atom is 0.251 e. The van der Waals surface area contributed by atoms with Crippen molar-refractivity contribution < 1.29 is 22.8 Å². The number of thiol groups is 1. The van der Waals surface area contributed by atoms with E-state index in [1.807, 2.05) is 45.0 Å². The van der Waals surface area contributed by atoms with Gasteiger partial charge in [-0.15, -0.1) is 0 Å². The van der Waals surface area contributed by atoms with Crippen molar-refractivity contribution in [2.75, 3.05) is 0 Å². The maximum absolute atomic E-state index is 12.7. The first-order valence-electron chi connectivity index (χ1n) is 11.8. The molecular weight excluding hydrogens is 464 g/mol. The summed E-state index contributed by atoms with van der Waals surface area (Å²) in [6.07, 6.45) is 1.91. The van der Waals surface area contributed by atoms with E-state index < -0.39 is 27.0 Å². The first-order valence-corrected chi connectivity index (χ1v) is 13.0. The zero-order chi connectivity index (χ0) is 25.4. The van der Waals surface area contributed by atoms with E-state index in [9.17, 15) is 18.3 Å². The first-order chi connectivity index (χ1) is 16.5. The lowest BCUT2D eigenvalue weighted by Gasteiger charge is -2.39. The summed E-state index contributed by atoms with van der Waals surface area (Å²) in [5.41, 5.74) is 1.23. The van der Waals surface area contributed by atoms with Crippen LogP contribution in [-0.2, 0) is 22.8 Å². The van der Waals surface area contributed by atoms with E-state index in [1.54, 1.807) is 37.3 Å². The van der Waals surface area contributed by atoms with Crippen molar-refractivity contribution in [3.8, 4) is 0 Å². The monoisotopic (exact) mass is 496 g/mol. The molecule has 35 heavy (non-hydrogen) atoms. The van der Waals surface area contributed by atoms with Gasteiger partial charge >= 0.3 is 0 Å². The van der Waals surface area contributed by atoms with E-state index in [0.717, 1.165) is 24.0 Å². The third kappa shape index (κ3) is 5.18. The lowest BCUT2D eigenvalue weighted by atomic mass is 9.70. The van der Waals surface area contributed by atoms with Crippen LogP contribution in [0.15, 0.2) is 59.1 Å². The fourth-order valence-electron chi connectivity index (χ4n) is 4.46. The summed E-state index contributed by atoms with van der Waals surface area (Å²) < 4.78 is 28.4. The van der Waals surface area contributed by atoms with Crippen LogP contribution in [0.25, 0.3) is 0 Å². The van der Waals surface area contributed by atoms with Gasteiger partial charge in [-0.2, -0.15) is 0 Å². The molecule has 1 fully saturated rings. The molecule has 2 aromatic carbocycles. The average molecular weight is 497 g/mol.